The van der Waals surface area contributed by atoms with Crippen molar-refractivity contribution in [3.05, 3.63) is 71.0 Å². The van der Waals surface area contributed by atoms with Gasteiger partial charge in [0.1, 0.15) is 11.9 Å². The Morgan fingerprint density at radius 2 is 1.81 bits per heavy atom. The summed E-state index contributed by atoms with van der Waals surface area (Å²) in [5, 5.41) is 2.03. The number of sulfonamides is 1. The summed E-state index contributed by atoms with van der Waals surface area (Å²) in [4.78, 5) is 25.4. The molecule has 0 radical (unpaired) electrons. The fourth-order valence-corrected chi connectivity index (χ4v) is 5.03. The van der Waals surface area contributed by atoms with Crippen LogP contribution in [0.2, 0.25) is 5.02 Å². The lowest BCUT2D eigenvalue weighted by molar-refractivity contribution is -0.118. The average Bonchev–Trinajstić information content (AvgIpc) is 3.06. The summed E-state index contributed by atoms with van der Waals surface area (Å²) < 4.78 is 42.6. The van der Waals surface area contributed by atoms with E-state index >= 15 is 0 Å². The van der Waals surface area contributed by atoms with Crippen LogP contribution >= 0.6 is 11.6 Å². The molecular formula is C22H18ClFN2O4S. The standard InChI is InChI=1S/C22H18ClFN2O4S/c1-13(27)14-4-7-21(19(24)12-14)26-9-8-20(22(26)28)25-31(29,30)18-6-3-15-10-17(23)5-2-16(15)11-18/h2-7,10-12,20,25H,8-9H2,1H3. The fourth-order valence-electron chi connectivity index (χ4n) is 3.59. The Morgan fingerprint density at radius 1 is 1.10 bits per heavy atom. The van der Waals surface area contributed by atoms with Crippen molar-refractivity contribution in [2.75, 3.05) is 11.4 Å². The summed E-state index contributed by atoms with van der Waals surface area (Å²) in [7, 11) is -3.98. The van der Waals surface area contributed by atoms with Crippen molar-refractivity contribution >= 4 is 49.8 Å². The first-order chi connectivity index (χ1) is 14.7. The topological polar surface area (TPSA) is 83.6 Å². The molecule has 0 aromatic heterocycles. The summed E-state index contributed by atoms with van der Waals surface area (Å²) in [5.41, 5.74) is 0.210. The molecule has 1 amide bonds. The molecule has 0 saturated carbocycles. The number of nitrogens with one attached hydrogen (secondary N) is 1. The second-order valence-electron chi connectivity index (χ2n) is 7.33. The predicted molar refractivity (Wildman–Crippen MR) is 116 cm³/mol. The zero-order chi connectivity index (χ0) is 22.3. The van der Waals surface area contributed by atoms with Gasteiger partial charge in [-0.15, -0.1) is 0 Å². The molecule has 1 fully saturated rings. The van der Waals surface area contributed by atoms with Crippen molar-refractivity contribution in [2.24, 2.45) is 0 Å². The minimum atomic E-state index is -3.98. The van der Waals surface area contributed by atoms with E-state index in [2.05, 4.69) is 4.72 Å². The van der Waals surface area contributed by atoms with Gasteiger partial charge in [0.25, 0.3) is 0 Å². The molecule has 6 nitrogen and oxygen atoms in total. The maximum Gasteiger partial charge on any atom is 0.245 e. The van der Waals surface area contributed by atoms with Crippen molar-refractivity contribution in [1.29, 1.82) is 0 Å². The zero-order valence-corrected chi connectivity index (χ0v) is 18.0. The van der Waals surface area contributed by atoms with Crippen LogP contribution in [0.4, 0.5) is 10.1 Å². The highest BCUT2D eigenvalue weighted by Gasteiger charge is 2.36. The molecule has 160 valence electrons. The van der Waals surface area contributed by atoms with Crippen LogP contribution in [0.3, 0.4) is 0 Å². The van der Waals surface area contributed by atoms with E-state index in [9.17, 15) is 22.4 Å². The van der Waals surface area contributed by atoms with Crippen LogP contribution in [-0.4, -0.2) is 32.7 Å². The molecule has 0 spiro atoms. The Kier molecular flexibility index (Phi) is 5.55. The Labute approximate surface area is 183 Å². The van der Waals surface area contributed by atoms with E-state index in [4.69, 9.17) is 11.6 Å². The Hall–Kier alpha value is -2.81. The summed E-state index contributed by atoms with van der Waals surface area (Å²) in [5.74, 6) is -1.55. The quantitative estimate of drug-likeness (QED) is 0.585. The number of hydrogen-bond donors (Lipinski definition) is 1. The minimum absolute atomic E-state index is 0.0132. The number of nitrogens with zero attached hydrogens (tertiary/aromatic N) is 1. The smallest absolute Gasteiger partial charge is 0.245 e. The molecule has 31 heavy (non-hydrogen) atoms. The van der Waals surface area contributed by atoms with Crippen molar-refractivity contribution in [3.8, 4) is 0 Å². The summed E-state index contributed by atoms with van der Waals surface area (Å²) in [6.45, 7) is 1.47. The highest BCUT2D eigenvalue weighted by molar-refractivity contribution is 7.89. The highest BCUT2D eigenvalue weighted by Crippen LogP contribution is 2.27. The predicted octanol–water partition coefficient (Wildman–Crippen LogP) is 3.92. The lowest BCUT2D eigenvalue weighted by Crippen LogP contribution is -2.41. The van der Waals surface area contributed by atoms with Crippen LogP contribution in [0.25, 0.3) is 10.8 Å². The average molecular weight is 461 g/mol. The largest absolute Gasteiger partial charge is 0.308 e. The molecule has 0 bridgehead atoms. The molecule has 1 aliphatic rings. The van der Waals surface area contributed by atoms with E-state index in [-0.39, 0.29) is 34.9 Å². The molecule has 1 aliphatic heterocycles. The Balaban J connectivity index is 1.55. The molecule has 9 heteroatoms. The van der Waals surface area contributed by atoms with Crippen LogP contribution in [0.15, 0.2) is 59.5 Å². The number of fused-ring (bicyclic) bond motifs is 1. The number of hydrogen-bond acceptors (Lipinski definition) is 4. The van der Waals surface area contributed by atoms with Crippen molar-refractivity contribution in [3.63, 3.8) is 0 Å². The fraction of sp³-hybridized carbons (Fsp3) is 0.182. The number of rotatable bonds is 5. The van der Waals surface area contributed by atoms with Gasteiger partial charge in [-0.05, 0) is 66.6 Å². The lowest BCUT2D eigenvalue weighted by atomic mass is 10.1. The van der Waals surface area contributed by atoms with E-state index in [0.29, 0.717) is 10.4 Å². The monoisotopic (exact) mass is 460 g/mol. The SMILES string of the molecule is CC(=O)c1ccc(N2CCC(NS(=O)(=O)c3ccc4cc(Cl)ccc4c3)C2=O)c(F)c1. The number of benzene rings is 3. The van der Waals surface area contributed by atoms with Gasteiger partial charge in [-0.2, -0.15) is 4.72 Å². The minimum Gasteiger partial charge on any atom is -0.308 e. The molecule has 1 N–H and O–H groups in total. The van der Waals surface area contributed by atoms with Crippen molar-refractivity contribution < 1.29 is 22.4 Å². The number of carbonyl (C=O) groups is 2. The molecule has 3 aromatic carbocycles. The third-order valence-electron chi connectivity index (χ3n) is 5.23. The van der Waals surface area contributed by atoms with Crippen LogP contribution in [-0.2, 0) is 14.8 Å². The number of amides is 1. The van der Waals surface area contributed by atoms with Crippen molar-refractivity contribution in [1.82, 2.24) is 4.72 Å². The molecule has 0 aliphatic carbocycles. The molecular weight excluding hydrogens is 443 g/mol. The molecule has 1 heterocycles. The van der Waals surface area contributed by atoms with Gasteiger partial charge in [0.2, 0.25) is 15.9 Å². The number of Topliss-reactive ketones (excluding diaryl/α,β-unsaturated/α-hetero) is 1. The van der Waals surface area contributed by atoms with Gasteiger partial charge in [0, 0.05) is 17.1 Å². The third kappa shape index (κ3) is 4.19. The maximum absolute atomic E-state index is 14.4. The van der Waals surface area contributed by atoms with Gasteiger partial charge in [-0.1, -0.05) is 23.7 Å². The van der Waals surface area contributed by atoms with Gasteiger partial charge < -0.3 is 4.90 Å². The summed E-state index contributed by atoms with van der Waals surface area (Å²) >= 11 is 5.96. The van der Waals surface area contributed by atoms with Gasteiger partial charge in [-0.25, -0.2) is 12.8 Å². The molecule has 1 saturated heterocycles. The first kappa shape index (κ1) is 21.4. The van der Waals surface area contributed by atoms with E-state index in [1.807, 2.05) is 0 Å². The van der Waals surface area contributed by atoms with Gasteiger partial charge in [-0.3, -0.25) is 9.59 Å². The van der Waals surface area contributed by atoms with E-state index < -0.39 is 27.8 Å². The van der Waals surface area contributed by atoms with E-state index in [0.717, 1.165) is 11.5 Å². The van der Waals surface area contributed by atoms with Gasteiger partial charge >= 0.3 is 0 Å². The summed E-state index contributed by atoms with van der Waals surface area (Å²) in [6, 6.07) is 12.5. The lowest BCUT2D eigenvalue weighted by Gasteiger charge is -2.18. The van der Waals surface area contributed by atoms with E-state index in [1.54, 1.807) is 24.3 Å². The normalized spacial score (nSPS) is 16.8. The summed E-state index contributed by atoms with van der Waals surface area (Å²) in [6.07, 6.45) is 0.190. The van der Waals surface area contributed by atoms with Gasteiger partial charge in [0.15, 0.2) is 5.78 Å². The number of ketones is 1. The van der Waals surface area contributed by atoms with E-state index in [1.165, 1.54) is 36.1 Å². The molecule has 1 unspecified atom stereocenters. The van der Waals surface area contributed by atoms with Gasteiger partial charge in [0.05, 0.1) is 10.6 Å². The Morgan fingerprint density at radius 3 is 2.52 bits per heavy atom. The molecule has 4 rings (SSSR count). The van der Waals surface area contributed by atoms with Crippen molar-refractivity contribution in [2.45, 2.75) is 24.3 Å². The number of carbonyl (C=O) groups excluding carboxylic acids is 2. The van der Waals surface area contributed by atoms with Crippen LogP contribution in [0.5, 0.6) is 0 Å². The second kappa shape index (κ2) is 8.03. The zero-order valence-electron chi connectivity index (χ0n) is 16.4. The molecule has 1 atom stereocenters. The first-order valence-electron chi connectivity index (χ1n) is 9.49. The number of halogens is 2. The molecule has 3 aromatic rings. The Bertz CT molecular complexity index is 1330. The van der Waals surface area contributed by atoms with Crippen LogP contribution < -0.4 is 9.62 Å². The highest BCUT2D eigenvalue weighted by atomic mass is 35.5. The third-order valence-corrected chi connectivity index (χ3v) is 6.94. The number of anilines is 1. The first-order valence-corrected chi connectivity index (χ1v) is 11.4. The second-order valence-corrected chi connectivity index (χ2v) is 9.48. The van der Waals surface area contributed by atoms with Crippen LogP contribution in [0, 0.1) is 5.82 Å². The maximum atomic E-state index is 14.4. The van der Waals surface area contributed by atoms with Crippen LogP contribution in [0.1, 0.15) is 23.7 Å².